The van der Waals surface area contributed by atoms with Gasteiger partial charge in [0.25, 0.3) is 0 Å². The summed E-state index contributed by atoms with van der Waals surface area (Å²) in [6.45, 7) is 6.19. The summed E-state index contributed by atoms with van der Waals surface area (Å²) in [5.74, 6) is 1.92. The van der Waals surface area contributed by atoms with Crippen molar-refractivity contribution in [3.8, 4) is 0 Å². The molecule has 1 amide bonds. The van der Waals surface area contributed by atoms with Crippen LogP contribution in [0.15, 0.2) is 23.1 Å². The third-order valence-corrected chi connectivity index (χ3v) is 3.46. The van der Waals surface area contributed by atoms with Gasteiger partial charge in [-0.05, 0) is 18.9 Å². The molecule has 0 saturated carbocycles. The molecule has 102 valence electrons. The van der Waals surface area contributed by atoms with Crippen LogP contribution in [0.5, 0.6) is 0 Å². The fourth-order valence-corrected chi connectivity index (χ4v) is 2.48. The second-order valence-corrected chi connectivity index (χ2v) is 4.93. The van der Waals surface area contributed by atoms with Crippen molar-refractivity contribution in [3.05, 3.63) is 41.4 Å². The summed E-state index contributed by atoms with van der Waals surface area (Å²) in [6, 6.07) is 0. The van der Waals surface area contributed by atoms with Crippen molar-refractivity contribution in [2.75, 3.05) is 7.05 Å². The molecule has 0 bridgehead atoms. The first kappa shape index (κ1) is 13.7. The van der Waals surface area contributed by atoms with E-state index in [0.29, 0.717) is 6.54 Å². The maximum absolute atomic E-state index is 11.6. The van der Waals surface area contributed by atoms with Crippen LogP contribution in [0, 0.1) is 0 Å². The van der Waals surface area contributed by atoms with Crippen LogP contribution < -0.4 is 0 Å². The number of nitrogens with zero attached hydrogens (tertiary/aromatic N) is 1. The van der Waals surface area contributed by atoms with Gasteiger partial charge in [-0.3, -0.25) is 4.79 Å². The molecule has 0 radical (unpaired) electrons. The van der Waals surface area contributed by atoms with Crippen LogP contribution >= 0.6 is 0 Å². The lowest BCUT2D eigenvalue weighted by molar-refractivity contribution is -0.125. The third-order valence-electron chi connectivity index (χ3n) is 3.46. The molecule has 3 heteroatoms. The van der Waals surface area contributed by atoms with Crippen LogP contribution in [-0.2, 0) is 24.2 Å². The Kier molecular flexibility index (Phi) is 4.25. The van der Waals surface area contributed by atoms with Gasteiger partial charge in [-0.25, -0.2) is 0 Å². The van der Waals surface area contributed by atoms with Crippen LogP contribution in [0.3, 0.4) is 0 Å². The number of carbonyl (C=O) groups is 1. The van der Waals surface area contributed by atoms with Crippen molar-refractivity contribution in [1.82, 2.24) is 4.90 Å². The monoisotopic (exact) mass is 259 g/mol. The third kappa shape index (κ3) is 2.80. The highest BCUT2D eigenvalue weighted by Gasteiger charge is 2.20. The van der Waals surface area contributed by atoms with Crippen LogP contribution in [0.1, 0.15) is 42.4 Å². The molecule has 1 heterocycles. The van der Waals surface area contributed by atoms with E-state index in [1.165, 1.54) is 17.2 Å². The summed E-state index contributed by atoms with van der Waals surface area (Å²) in [5.41, 5.74) is 2.50. The number of hydrogen-bond acceptors (Lipinski definition) is 2. The number of furan rings is 1. The van der Waals surface area contributed by atoms with Gasteiger partial charge in [0.05, 0.1) is 6.54 Å². The second-order valence-electron chi connectivity index (χ2n) is 4.93. The molecular weight excluding hydrogens is 238 g/mol. The average Bonchev–Trinajstić information content (AvgIpc) is 2.76. The highest BCUT2D eigenvalue weighted by molar-refractivity contribution is 5.86. The zero-order valence-corrected chi connectivity index (χ0v) is 11.7. The number of likely N-dealkylation sites (N-methyl/N-ethyl adjacent to an activating group) is 1. The highest BCUT2D eigenvalue weighted by atomic mass is 16.3. The van der Waals surface area contributed by atoms with E-state index in [2.05, 4.69) is 25.7 Å². The Bertz CT molecular complexity index is 511. The molecule has 0 atom stereocenters. The normalized spacial score (nSPS) is 13.2. The minimum absolute atomic E-state index is 0.0765. The molecule has 1 aliphatic rings. The van der Waals surface area contributed by atoms with Gasteiger partial charge in [-0.15, -0.1) is 0 Å². The average molecular weight is 259 g/mol. The Labute approximate surface area is 114 Å². The van der Waals surface area contributed by atoms with Gasteiger partial charge in [0.1, 0.15) is 11.5 Å². The minimum Gasteiger partial charge on any atom is -0.463 e. The van der Waals surface area contributed by atoms with Gasteiger partial charge in [0, 0.05) is 24.6 Å². The van der Waals surface area contributed by atoms with Crippen molar-refractivity contribution in [3.63, 3.8) is 0 Å². The van der Waals surface area contributed by atoms with E-state index >= 15 is 0 Å². The number of fused-ring (bicyclic) bond motifs is 1. The van der Waals surface area contributed by atoms with E-state index < -0.39 is 0 Å². The van der Waals surface area contributed by atoms with Gasteiger partial charge in [-0.1, -0.05) is 32.1 Å². The second kappa shape index (κ2) is 5.91. The number of aryl methyl sites for hydroxylation is 1. The summed E-state index contributed by atoms with van der Waals surface area (Å²) in [4.78, 5) is 13.2. The van der Waals surface area contributed by atoms with Crippen LogP contribution in [-0.4, -0.2) is 17.9 Å². The predicted molar refractivity (Wildman–Crippen MR) is 76.7 cm³/mol. The molecule has 0 unspecified atom stereocenters. The quantitative estimate of drug-likeness (QED) is 0.760. The van der Waals surface area contributed by atoms with Crippen molar-refractivity contribution in [2.45, 2.75) is 39.2 Å². The van der Waals surface area contributed by atoms with Crippen LogP contribution in [0.4, 0.5) is 0 Å². The SMILES string of the molecule is C=CC(=O)N(C)Cc1oc2c(c1CCC)C=CCC2. The maximum atomic E-state index is 11.6. The molecule has 0 aromatic carbocycles. The Balaban J connectivity index is 2.29. The highest BCUT2D eigenvalue weighted by Crippen LogP contribution is 2.30. The first-order valence-corrected chi connectivity index (χ1v) is 6.84. The lowest BCUT2D eigenvalue weighted by Crippen LogP contribution is -2.24. The summed E-state index contributed by atoms with van der Waals surface area (Å²) in [7, 11) is 1.77. The molecule has 0 aliphatic heterocycles. The zero-order chi connectivity index (χ0) is 13.8. The van der Waals surface area contributed by atoms with Crippen molar-refractivity contribution in [2.24, 2.45) is 0 Å². The molecule has 3 nitrogen and oxygen atoms in total. The molecule has 0 fully saturated rings. The van der Waals surface area contributed by atoms with Crippen molar-refractivity contribution in [1.29, 1.82) is 0 Å². The molecular formula is C16H21NO2. The molecule has 1 aliphatic carbocycles. The number of amides is 1. The Morgan fingerprint density at radius 1 is 1.58 bits per heavy atom. The lowest BCUT2D eigenvalue weighted by Gasteiger charge is -2.14. The van der Waals surface area contributed by atoms with Gasteiger partial charge in [-0.2, -0.15) is 0 Å². The number of carbonyl (C=O) groups excluding carboxylic acids is 1. The Morgan fingerprint density at radius 2 is 2.37 bits per heavy atom. The molecule has 1 aromatic rings. The van der Waals surface area contributed by atoms with Gasteiger partial charge in [0.15, 0.2) is 0 Å². The first-order chi connectivity index (χ1) is 9.17. The van der Waals surface area contributed by atoms with E-state index in [9.17, 15) is 4.79 Å². The van der Waals surface area contributed by atoms with Gasteiger partial charge >= 0.3 is 0 Å². The summed E-state index contributed by atoms with van der Waals surface area (Å²) >= 11 is 0. The number of hydrogen-bond donors (Lipinski definition) is 0. The maximum Gasteiger partial charge on any atom is 0.246 e. The van der Waals surface area contributed by atoms with Crippen molar-refractivity contribution >= 4 is 12.0 Å². The zero-order valence-electron chi connectivity index (χ0n) is 11.7. The fraction of sp³-hybridized carbons (Fsp3) is 0.438. The predicted octanol–water partition coefficient (Wildman–Crippen LogP) is 3.34. The summed E-state index contributed by atoms with van der Waals surface area (Å²) in [6.07, 6.45) is 9.75. The van der Waals surface area contributed by atoms with Gasteiger partial charge < -0.3 is 9.32 Å². The van der Waals surface area contributed by atoms with Crippen molar-refractivity contribution < 1.29 is 9.21 Å². The number of rotatable bonds is 5. The van der Waals surface area contributed by atoms with E-state index in [0.717, 1.165) is 37.2 Å². The Morgan fingerprint density at radius 3 is 3.05 bits per heavy atom. The molecule has 2 rings (SSSR count). The van der Waals surface area contributed by atoms with Crippen LogP contribution in [0.2, 0.25) is 0 Å². The molecule has 0 saturated heterocycles. The molecule has 0 spiro atoms. The van der Waals surface area contributed by atoms with E-state index in [1.807, 2.05) is 0 Å². The van der Waals surface area contributed by atoms with Gasteiger partial charge in [0.2, 0.25) is 5.91 Å². The molecule has 0 N–H and O–H groups in total. The largest absolute Gasteiger partial charge is 0.463 e. The Hall–Kier alpha value is -1.77. The number of allylic oxidation sites excluding steroid dienone is 1. The van der Waals surface area contributed by atoms with Crippen LogP contribution in [0.25, 0.3) is 6.08 Å². The van der Waals surface area contributed by atoms with E-state index in [-0.39, 0.29) is 5.91 Å². The topological polar surface area (TPSA) is 33.5 Å². The summed E-state index contributed by atoms with van der Waals surface area (Å²) in [5, 5.41) is 0. The molecule has 19 heavy (non-hydrogen) atoms. The van der Waals surface area contributed by atoms with E-state index in [4.69, 9.17) is 4.42 Å². The molecule has 1 aromatic heterocycles. The summed E-state index contributed by atoms with van der Waals surface area (Å²) < 4.78 is 5.98. The lowest BCUT2D eigenvalue weighted by atomic mass is 9.98. The minimum atomic E-state index is -0.0765. The first-order valence-electron chi connectivity index (χ1n) is 6.84. The van der Waals surface area contributed by atoms with E-state index in [1.54, 1.807) is 11.9 Å². The standard InChI is InChI=1S/C16H21NO2/c1-4-8-12-13-9-6-7-10-14(13)19-15(12)11-17(3)16(18)5-2/h5-6,9H,2,4,7-8,10-11H2,1,3H3. The fourth-order valence-electron chi connectivity index (χ4n) is 2.48. The smallest absolute Gasteiger partial charge is 0.246 e.